The molecule has 0 bridgehead atoms. The Morgan fingerprint density at radius 1 is 0.603 bits per heavy atom. The number of aryl methyl sites for hydroxylation is 2. The number of para-hydroxylation sites is 3. The van der Waals surface area contributed by atoms with Crippen molar-refractivity contribution in [3.05, 3.63) is 196 Å². The fraction of sp³-hybridized carbons (Fsp3) is 0.226. The minimum atomic E-state index is -0.0353. The summed E-state index contributed by atoms with van der Waals surface area (Å²) >= 11 is 2.52. The molecule has 1 unspecified atom stereocenters. The Hall–Kier alpha value is -6.55. The first kappa shape index (κ1) is 44.0. The number of rotatable bonds is 7. The van der Waals surface area contributed by atoms with E-state index in [2.05, 4.69) is 228 Å². The van der Waals surface area contributed by atoms with E-state index < -0.39 is 0 Å². The zero-order valence-corrected chi connectivity index (χ0v) is 42.4. The summed E-state index contributed by atoms with van der Waals surface area (Å²) in [5, 5.41) is 2.37. The van der Waals surface area contributed by atoms with Crippen molar-refractivity contribution in [3.63, 3.8) is 0 Å². The van der Waals surface area contributed by atoms with Gasteiger partial charge in [0.1, 0.15) is 0 Å². The number of aromatic nitrogens is 4. The van der Waals surface area contributed by atoms with Crippen LogP contribution >= 0.6 is 0 Å². The summed E-state index contributed by atoms with van der Waals surface area (Å²) in [5.41, 5.74) is 17.6. The minimum absolute atomic E-state index is 0.0353. The topological polar surface area (TPSA) is 36.9 Å². The van der Waals surface area contributed by atoms with Crippen molar-refractivity contribution in [1.29, 1.82) is 0 Å². The molecule has 11 rings (SSSR count). The van der Waals surface area contributed by atoms with E-state index in [0.717, 1.165) is 78.0 Å². The standard InChI is InChI=1S/C62H56N4O.Pt/c1-40-24-25-43-35-57-54(34-44(43)30-40)53-27-26-50(38-58(53)66(57)59-31-41(2)28-29-63-59)67-49-19-14-18-48(37-49)64-39-65(56-23-13-12-22-55(56)64)60-51(42-16-10-9-11-17-42)20-15-21-52(60)45-32-46(61(3,4)5)36-47(33-45)62(6,7)8;/h9-23,26-29,31-36,40H,24-25,30H2,1-8H3;/q-2;. The number of fused-ring (bicyclic) bond motifs is 5. The fourth-order valence-electron chi connectivity index (χ4n) is 10.1. The number of hydrogen-bond acceptors (Lipinski definition) is 2. The van der Waals surface area contributed by atoms with E-state index in [4.69, 9.17) is 9.72 Å². The van der Waals surface area contributed by atoms with Gasteiger partial charge in [0.05, 0.1) is 0 Å². The van der Waals surface area contributed by atoms with Gasteiger partial charge in [-0.1, -0.05) is 6.92 Å². The van der Waals surface area contributed by atoms with Crippen molar-refractivity contribution >= 4 is 32.8 Å². The van der Waals surface area contributed by atoms with Gasteiger partial charge in [0.25, 0.3) is 0 Å². The molecule has 0 amide bonds. The Balaban J connectivity index is 1.06. The average molecular weight is 1070 g/mol. The molecule has 1 aliphatic carbocycles. The Morgan fingerprint density at radius 2 is 1.28 bits per heavy atom. The third kappa shape index (κ3) is 7.89. The molecule has 3 heterocycles. The molecule has 10 aromatic rings. The number of hydrogen-bond donors (Lipinski definition) is 0. The van der Waals surface area contributed by atoms with E-state index in [1.165, 1.54) is 45.2 Å². The van der Waals surface area contributed by atoms with Crippen molar-refractivity contribution in [2.45, 2.75) is 85.5 Å². The molecule has 0 saturated heterocycles. The van der Waals surface area contributed by atoms with Crippen LogP contribution < -0.4 is 4.74 Å². The van der Waals surface area contributed by atoms with Crippen molar-refractivity contribution in [2.75, 3.05) is 0 Å². The fourth-order valence-corrected chi connectivity index (χ4v) is 11.2. The van der Waals surface area contributed by atoms with Crippen molar-refractivity contribution in [2.24, 2.45) is 5.92 Å². The van der Waals surface area contributed by atoms with Gasteiger partial charge in [0.2, 0.25) is 0 Å². The number of imidazole rings is 1. The molecule has 68 heavy (non-hydrogen) atoms. The molecule has 0 fully saturated rings. The molecule has 5 nitrogen and oxygen atoms in total. The van der Waals surface area contributed by atoms with Gasteiger partial charge in [-0.15, -0.1) is 0 Å². The quantitative estimate of drug-likeness (QED) is 0.149. The summed E-state index contributed by atoms with van der Waals surface area (Å²) in [4.78, 5) is 4.88. The monoisotopic (exact) mass is 1070 g/mol. The van der Waals surface area contributed by atoms with Crippen LogP contribution in [0.1, 0.15) is 82.7 Å². The van der Waals surface area contributed by atoms with Crippen molar-refractivity contribution < 1.29 is 24.1 Å². The van der Waals surface area contributed by atoms with Crippen LogP contribution in [0.2, 0.25) is 0 Å². The number of benzene rings is 7. The molecular weight excluding hydrogens is 1010 g/mol. The molecule has 0 saturated carbocycles. The second-order valence-electron chi connectivity index (χ2n) is 20.9. The molecule has 1 aliphatic rings. The Labute approximate surface area is 411 Å². The molecule has 0 aliphatic heterocycles. The van der Waals surface area contributed by atoms with Gasteiger partial charge in [-0.3, -0.25) is 0 Å². The van der Waals surface area contributed by atoms with Crippen LogP contribution in [0.15, 0.2) is 152 Å². The molecular formula is C62H56N4OPt-2. The molecule has 1 atom stereocenters. The molecule has 0 N–H and O–H groups in total. The first-order chi connectivity index (χ1) is 32.7. The van der Waals surface area contributed by atoms with Gasteiger partial charge >= 0.3 is 346 Å². The first-order valence-corrected chi connectivity index (χ1v) is 25.0. The van der Waals surface area contributed by atoms with Crippen LogP contribution in [0, 0.1) is 28.8 Å². The SMILES string of the molecule is Cc1ccnc(-n2c3[c-]c(Oc4[c-]c(-n5[c](=[Pt])n(-c6c(-c7ccccc7)cccc6-c6cc(C(C)(C)C)cc(C(C)(C)C)c6)c6ccccc65)ccc4)ccc3c3cc4c(cc32)CCC(C)C4)c1. The van der Waals surface area contributed by atoms with Gasteiger partial charge in [0, 0.05) is 6.20 Å². The summed E-state index contributed by atoms with van der Waals surface area (Å²) in [6.07, 6.45) is 5.32. The van der Waals surface area contributed by atoms with E-state index >= 15 is 0 Å². The number of nitrogens with zero attached hydrogens (tertiary/aromatic N) is 4. The number of pyridine rings is 1. The smallest absolute Gasteiger partial charge is 0.0622 e. The maximum atomic E-state index is 6.78. The van der Waals surface area contributed by atoms with Crippen LogP contribution in [-0.4, -0.2) is 18.7 Å². The zero-order valence-electron chi connectivity index (χ0n) is 40.1. The molecule has 0 radical (unpaired) electrons. The van der Waals surface area contributed by atoms with E-state index in [1.807, 2.05) is 24.4 Å². The predicted octanol–water partition coefficient (Wildman–Crippen LogP) is 15.7. The summed E-state index contributed by atoms with van der Waals surface area (Å²) in [7, 11) is 0. The van der Waals surface area contributed by atoms with E-state index in [-0.39, 0.29) is 10.8 Å². The average Bonchev–Trinajstić information content (AvgIpc) is 3.79. The molecule has 0 spiro atoms. The van der Waals surface area contributed by atoms with Crippen LogP contribution in [-0.2, 0) is 43.0 Å². The van der Waals surface area contributed by atoms with Crippen LogP contribution in [0.5, 0.6) is 11.5 Å². The van der Waals surface area contributed by atoms with Crippen LogP contribution in [0.25, 0.3) is 72.3 Å². The van der Waals surface area contributed by atoms with Crippen molar-refractivity contribution in [1.82, 2.24) is 18.7 Å². The Morgan fingerprint density at radius 3 is 2.00 bits per heavy atom. The van der Waals surface area contributed by atoms with Gasteiger partial charge in [0.15, 0.2) is 0 Å². The first-order valence-electron chi connectivity index (χ1n) is 23.9. The summed E-state index contributed by atoms with van der Waals surface area (Å²) in [5.74, 6) is 2.80. The van der Waals surface area contributed by atoms with E-state index in [9.17, 15) is 0 Å². The maximum absolute atomic E-state index is 6.78. The van der Waals surface area contributed by atoms with Gasteiger partial charge in [-0.25, -0.2) is 0 Å². The van der Waals surface area contributed by atoms with Gasteiger partial charge < -0.3 is 0 Å². The second kappa shape index (κ2) is 16.9. The van der Waals surface area contributed by atoms with Crippen molar-refractivity contribution in [3.8, 4) is 50.9 Å². The minimum Gasteiger partial charge on any atom is -0.0622 e. The Kier molecular flexibility index (Phi) is 10.9. The van der Waals surface area contributed by atoms with Gasteiger partial charge in [-0.2, -0.15) is 0 Å². The summed E-state index contributed by atoms with van der Waals surface area (Å²) in [6.45, 7) is 18.3. The Bertz CT molecular complexity index is 3620. The van der Waals surface area contributed by atoms with E-state index in [1.54, 1.807) is 0 Å². The third-order valence-corrected chi connectivity index (χ3v) is 14.8. The summed E-state index contributed by atoms with van der Waals surface area (Å²) < 4.78 is 14.8. The van der Waals surface area contributed by atoms with Gasteiger partial charge in [-0.05, 0) is 54.9 Å². The molecule has 342 valence electrons. The second-order valence-corrected chi connectivity index (χ2v) is 21.9. The zero-order chi connectivity index (χ0) is 47.1. The summed E-state index contributed by atoms with van der Waals surface area (Å²) in [6, 6.07) is 60.3. The molecule has 3 aromatic heterocycles. The van der Waals surface area contributed by atoms with Crippen LogP contribution in [0.4, 0.5) is 0 Å². The normalized spacial score (nSPS) is 14.2. The van der Waals surface area contributed by atoms with E-state index in [0.29, 0.717) is 17.4 Å². The van der Waals surface area contributed by atoms with Crippen LogP contribution in [0.3, 0.4) is 0 Å². The third-order valence-electron chi connectivity index (χ3n) is 13.8. The molecule has 6 heteroatoms. The number of ether oxygens (including phenoxy) is 1. The predicted molar refractivity (Wildman–Crippen MR) is 276 cm³/mol. The molecule has 7 aromatic carbocycles.